The number of rotatable bonds is 4. The molecule has 1 saturated carbocycles. The fourth-order valence-electron chi connectivity index (χ4n) is 2.50. The summed E-state index contributed by atoms with van der Waals surface area (Å²) in [5.74, 6) is -0.744. The average Bonchev–Trinajstić information content (AvgIpc) is 2.38. The summed E-state index contributed by atoms with van der Waals surface area (Å²) < 4.78 is 32.0. The monoisotopic (exact) mass is 255 g/mol. The van der Waals surface area contributed by atoms with Crippen molar-refractivity contribution < 1.29 is 13.5 Å². The normalized spacial score (nSPS) is 24.2. The number of benzene rings is 1. The van der Waals surface area contributed by atoms with Crippen LogP contribution in [0.4, 0.5) is 8.78 Å². The molecule has 0 heterocycles. The van der Waals surface area contributed by atoms with Gasteiger partial charge in [0.2, 0.25) is 0 Å². The molecule has 2 N–H and O–H groups in total. The maximum atomic E-state index is 13.4. The first kappa shape index (κ1) is 13.4. The van der Waals surface area contributed by atoms with E-state index < -0.39 is 11.6 Å². The molecule has 2 unspecified atom stereocenters. The lowest BCUT2D eigenvalue weighted by molar-refractivity contribution is -0.0193. The topological polar surface area (TPSA) is 35.2 Å². The molecule has 1 aromatic carbocycles. The van der Waals surface area contributed by atoms with Crippen LogP contribution in [-0.2, 0) is 11.3 Å². The summed E-state index contributed by atoms with van der Waals surface area (Å²) in [7, 11) is 0. The maximum absolute atomic E-state index is 13.4. The number of hydrogen-bond acceptors (Lipinski definition) is 2. The molecule has 1 fully saturated rings. The van der Waals surface area contributed by atoms with Gasteiger partial charge in [0, 0.05) is 11.6 Å². The fraction of sp³-hybridized carbons (Fsp3) is 0.571. The number of hydrogen-bond donors (Lipinski definition) is 1. The number of ether oxygens (including phenoxy) is 1. The predicted molar refractivity (Wildman–Crippen MR) is 65.9 cm³/mol. The maximum Gasteiger partial charge on any atom is 0.131 e. The van der Waals surface area contributed by atoms with Crippen LogP contribution in [0.5, 0.6) is 0 Å². The second-order valence-electron chi connectivity index (χ2n) is 4.87. The molecule has 0 amide bonds. The highest BCUT2D eigenvalue weighted by Crippen LogP contribution is 2.27. The van der Waals surface area contributed by atoms with Gasteiger partial charge in [-0.15, -0.1) is 0 Å². The molecule has 0 radical (unpaired) electrons. The van der Waals surface area contributed by atoms with Crippen molar-refractivity contribution in [2.75, 3.05) is 6.54 Å². The summed E-state index contributed by atoms with van der Waals surface area (Å²) in [6.45, 7) is 0.795. The van der Waals surface area contributed by atoms with Crippen molar-refractivity contribution in [1.29, 1.82) is 0 Å². The second kappa shape index (κ2) is 6.25. The Morgan fingerprint density at radius 1 is 1.22 bits per heavy atom. The molecule has 0 aromatic heterocycles. The molecule has 2 atom stereocenters. The summed E-state index contributed by atoms with van der Waals surface area (Å²) in [6, 6.07) is 3.58. The fourth-order valence-corrected chi connectivity index (χ4v) is 2.50. The minimum Gasteiger partial charge on any atom is -0.373 e. The summed E-state index contributed by atoms with van der Waals surface area (Å²) in [6.07, 6.45) is 4.48. The largest absolute Gasteiger partial charge is 0.373 e. The quantitative estimate of drug-likeness (QED) is 0.897. The molecule has 0 aliphatic heterocycles. The first-order valence-electron chi connectivity index (χ1n) is 6.46. The SMILES string of the molecule is NCC1CCCCC1OCc1ccc(F)cc1F. The van der Waals surface area contributed by atoms with Gasteiger partial charge in [0.05, 0.1) is 12.7 Å². The molecule has 18 heavy (non-hydrogen) atoms. The molecule has 2 nitrogen and oxygen atoms in total. The zero-order chi connectivity index (χ0) is 13.0. The van der Waals surface area contributed by atoms with E-state index in [9.17, 15) is 8.78 Å². The first-order valence-corrected chi connectivity index (χ1v) is 6.46. The van der Waals surface area contributed by atoms with Gasteiger partial charge < -0.3 is 10.5 Å². The van der Waals surface area contributed by atoms with E-state index in [0.29, 0.717) is 18.0 Å². The molecule has 0 bridgehead atoms. The van der Waals surface area contributed by atoms with Crippen molar-refractivity contribution in [2.45, 2.75) is 38.4 Å². The predicted octanol–water partition coefficient (Wildman–Crippen LogP) is 3.00. The molecule has 0 spiro atoms. The summed E-state index contributed by atoms with van der Waals surface area (Å²) in [5, 5.41) is 0. The van der Waals surface area contributed by atoms with Crippen LogP contribution in [0.3, 0.4) is 0 Å². The highest BCUT2D eigenvalue weighted by atomic mass is 19.1. The van der Waals surface area contributed by atoms with Gasteiger partial charge in [0.15, 0.2) is 0 Å². The lowest BCUT2D eigenvalue weighted by atomic mass is 9.86. The zero-order valence-corrected chi connectivity index (χ0v) is 10.4. The molecule has 0 saturated heterocycles. The van der Waals surface area contributed by atoms with Crippen molar-refractivity contribution >= 4 is 0 Å². The van der Waals surface area contributed by atoms with Gasteiger partial charge in [-0.3, -0.25) is 0 Å². The van der Waals surface area contributed by atoms with Crippen LogP contribution in [0.2, 0.25) is 0 Å². The lowest BCUT2D eigenvalue weighted by Gasteiger charge is -2.30. The first-order chi connectivity index (χ1) is 8.70. The van der Waals surface area contributed by atoms with E-state index in [1.165, 1.54) is 18.6 Å². The Kier molecular flexibility index (Phi) is 4.66. The summed E-state index contributed by atoms with van der Waals surface area (Å²) in [5.41, 5.74) is 6.11. The van der Waals surface area contributed by atoms with Crippen molar-refractivity contribution in [1.82, 2.24) is 0 Å². The molecule has 1 aromatic rings. The van der Waals surface area contributed by atoms with Crippen molar-refractivity contribution in [3.05, 3.63) is 35.4 Å². The average molecular weight is 255 g/mol. The summed E-state index contributed by atoms with van der Waals surface area (Å²) >= 11 is 0. The third-order valence-electron chi connectivity index (χ3n) is 3.61. The summed E-state index contributed by atoms with van der Waals surface area (Å²) in [4.78, 5) is 0. The Bertz CT molecular complexity index is 397. The Hall–Kier alpha value is -1.00. The van der Waals surface area contributed by atoms with Gasteiger partial charge in [0.1, 0.15) is 11.6 Å². The third kappa shape index (κ3) is 3.27. The van der Waals surface area contributed by atoms with Crippen molar-refractivity contribution in [2.24, 2.45) is 11.7 Å². The number of halogens is 2. The molecular weight excluding hydrogens is 236 g/mol. The molecule has 100 valence electrons. The molecular formula is C14H19F2NO. The van der Waals surface area contributed by atoms with E-state index in [0.717, 1.165) is 25.3 Å². The standard InChI is InChI=1S/C14H19F2NO/c15-12-6-5-11(13(16)7-12)9-18-14-4-2-1-3-10(14)8-17/h5-7,10,14H,1-4,8-9,17H2. The number of nitrogens with two attached hydrogens (primary N) is 1. The van der Waals surface area contributed by atoms with E-state index in [1.807, 2.05) is 0 Å². The lowest BCUT2D eigenvalue weighted by Crippen LogP contribution is -2.33. The highest BCUT2D eigenvalue weighted by molar-refractivity contribution is 5.17. The smallest absolute Gasteiger partial charge is 0.131 e. The van der Waals surface area contributed by atoms with Crippen LogP contribution >= 0.6 is 0 Å². The van der Waals surface area contributed by atoms with Crippen LogP contribution in [0.15, 0.2) is 18.2 Å². The van der Waals surface area contributed by atoms with Gasteiger partial charge in [-0.05, 0) is 31.4 Å². The Morgan fingerprint density at radius 2 is 2.00 bits per heavy atom. The van der Waals surface area contributed by atoms with E-state index in [4.69, 9.17) is 10.5 Å². The Labute approximate surface area is 106 Å². The van der Waals surface area contributed by atoms with E-state index in [2.05, 4.69) is 0 Å². The van der Waals surface area contributed by atoms with E-state index in [-0.39, 0.29) is 12.7 Å². The third-order valence-corrected chi connectivity index (χ3v) is 3.61. The Morgan fingerprint density at radius 3 is 2.72 bits per heavy atom. The van der Waals surface area contributed by atoms with Gasteiger partial charge in [-0.25, -0.2) is 8.78 Å². The second-order valence-corrected chi connectivity index (χ2v) is 4.87. The van der Waals surface area contributed by atoms with Gasteiger partial charge >= 0.3 is 0 Å². The molecule has 2 rings (SSSR count). The van der Waals surface area contributed by atoms with Gasteiger partial charge in [0.25, 0.3) is 0 Å². The van der Waals surface area contributed by atoms with E-state index >= 15 is 0 Å². The van der Waals surface area contributed by atoms with Crippen molar-refractivity contribution in [3.8, 4) is 0 Å². The molecule has 1 aliphatic rings. The molecule has 4 heteroatoms. The van der Waals surface area contributed by atoms with Crippen LogP contribution in [0.1, 0.15) is 31.2 Å². The Balaban J connectivity index is 1.93. The van der Waals surface area contributed by atoms with Crippen molar-refractivity contribution in [3.63, 3.8) is 0 Å². The van der Waals surface area contributed by atoms with Gasteiger partial charge in [-0.1, -0.05) is 18.9 Å². The molecule has 1 aliphatic carbocycles. The highest BCUT2D eigenvalue weighted by Gasteiger charge is 2.24. The minimum atomic E-state index is -0.561. The zero-order valence-electron chi connectivity index (χ0n) is 10.4. The minimum absolute atomic E-state index is 0.105. The van der Waals surface area contributed by atoms with E-state index in [1.54, 1.807) is 0 Å². The van der Waals surface area contributed by atoms with Crippen LogP contribution in [0, 0.1) is 17.6 Å². The van der Waals surface area contributed by atoms with Crippen LogP contribution in [0.25, 0.3) is 0 Å². The van der Waals surface area contributed by atoms with Gasteiger partial charge in [-0.2, -0.15) is 0 Å². The van der Waals surface area contributed by atoms with Crippen LogP contribution < -0.4 is 5.73 Å². The van der Waals surface area contributed by atoms with Crippen LogP contribution in [-0.4, -0.2) is 12.6 Å².